The largest absolute Gasteiger partial charge is 0.313 e. The molecule has 0 aromatic heterocycles. The van der Waals surface area contributed by atoms with Gasteiger partial charge in [0.1, 0.15) is 0 Å². The van der Waals surface area contributed by atoms with Gasteiger partial charge in [-0.1, -0.05) is 39.5 Å². The zero-order valence-electron chi connectivity index (χ0n) is 13.2. The molecule has 19 heavy (non-hydrogen) atoms. The Morgan fingerprint density at radius 1 is 0.947 bits per heavy atom. The maximum absolute atomic E-state index is 3.72. The second-order valence-corrected chi connectivity index (χ2v) is 6.67. The van der Waals surface area contributed by atoms with Crippen LogP contribution >= 0.6 is 0 Å². The fraction of sp³-hybridized carbons (Fsp3) is 1.00. The summed E-state index contributed by atoms with van der Waals surface area (Å²) >= 11 is 0. The number of likely N-dealkylation sites (N-methyl/N-ethyl adjacent to an activating group) is 1. The summed E-state index contributed by atoms with van der Waals surface area (Å²) in [5.74, 6) is 1.01. The van der Waals surface area contributed by atoms with Crippen LogP contribution in [0.5, 0.6) is 0 Å². The monoisotopic (exact) mass is 266 g/mol. The second-order valence-electron chi connectivity index (χ2n) is 6.67. The van der Waals surface area contributed by atoms with E-state index in [0.29, 0.717) is 0 Å². The van der Waals surface area contributed by atoms with Crippen molar-refractivity contribution in [3.05, 3.63) is 0 Å². The van der Waals surface area contributed by atoms with Gasteiger partial charge in [-0.2, -0.15) is 0 Å². The molecule has 2 nitrogen and oxygen atoms in total. The molecule has 2 rings (SSSR count). The van der Waals surface area contributed by atoms with Crippen molar-refractivity contribution >= 4 is 0 Å². The second kappa shape index (κ2) is 8.26. The summed E-state index contributed by atoms with van der Waals surface area (Å²) in [5.41, 5.74) is 0. The zero-order chi connectivity index (χ0) is 13.5. The standard InChI is InChI=1S/C17H34N2/c1-3-15-8-7-10-17(12-11-15)19(4-2)14-16-9-5-6-13-18-16/h15-18H,3-14H2,1-2H3. The minimum absolute atomic E-state index is 0.763. The van der Waals surface area contributed by atoms with Crippen molar-refractivity contribution in [1.29, 1.82) is 0 Å². The Morgan fingerprint density at radius 3 is 2.53 bits per heavy atom. The van der Waals surface area contributed by atoms with Gasteiger partial charge in [-0.25, -0.2) is 0 Å². The summed E-state index contributed by atoms with van der Waals surface area (Å²) in [7, 11) is 0. The predicted octanol–water partition coefficient (Wildman–Crippen LogP) is 3.81. The first-order valence-electron chi connectivity index (χ1n) is 8.80. The van der Waals surface area contributed by atoms with Crippen molar-refractivity contribution in [3.8, 4) is 0 Å². The molecular weight excluding hydrogens is 232 g/mol. The smallest absolute Gasteiger partial charge is 0.0195 e. The van der Waals surface area contributed by atoms with E-state index in [4.69, 9.17) is 0 Å². The molecule has 0 aromatic carbocycles. The van der Waals surface area contributed by atoms with Crippen molar-refractivity contribution in [2.45, 2.75) is 83.7 Å². The molecule has 1 saturated carbocycles. The Labute approximate surface area is 120 Å². The molecule has 2 heteroatoms. The maximum atomic E-state index is 3.72. The molecule has 1 N–H and O–H groups in total. The van der Waals surface area contributed by atoms with Gasteiger partial charge in [0, 0.05) is 18.6 Å². The minimum Gasteiger partial charge on any atom is -0.313 e. The minimum atomic E-state index is 0.763. The first kappa shape index (κ1) is 15.3. The van der Waals surface area contributed by atoms with Crippen LogP contribution in [0.1, 0.15) is 71.6 Å². The lowest BCUT2D eigenvalue weighted by Gasteiger charge is -2.35. The summed E-state index contributed by atoms with van der Waals surface area (Å²) in [6.07, 6.45) is 12.9. The van der Waals surface area contributed by atoms with Crippen molar-refractivity contribution in [1.82, 2.24) is 10.2 Å². The topological polar surface area (TPSA) is 15.3 Å². The third kappa shape index (κ3) is 4.75. The summed E-state index contributed by atoms with van der Waals surface area (Å²) in [6, 6.07) is 1.63. The highest BCUT2D eigenvalue weighted by atomic mass is 15.2. The van der Waals surface area contributed by atoms with Gasteiger partial charge in [0.2, 0.25) is 0 Å². The number of nitrogens with zero attached hydrogens (tertiary/aromatic N) is 1. The van der Waals surface area contributed by atoms with Crippen LogP contribution in [-0.2, 0) is 0 Å². The Balaban J connectivity index is 1.82. The van der Waals surface area contributed by atoms with E-state index in [1.54, 1.807) is 0 Å². The molecule has 1 heterocycles. The number of nitrogens with one attached hydrogen (secondary N) is 1. The van der Waals surface area contributed by atoms with E-state index >= 15 is 0 Å². The van der Waals surface area contributed by atoms with E-state index in [0.717, 1.165) is 18.0 Å². The van der Waals surface area contributed by atoms with Gasteiger partial charge in [-0.3, -0.25) is 4.90 Å². The summed E-state index contributed by atoms with van der Waals surface area (Å²) in [4.78, 5) is 2.78. The lowest BCUT2D eigenvalue weighted by atomic mass is 9.97. The molecule has 0 aromatic rings. The number of hydrogen-bond acceptors (Lipinski definition) is 2. The van der Waals surface area contributed by atoms with Gasteiger partial charge in [0.25, 0.3) is 0 Å². The fourth-order valence-corrected chi connectivity index (χ4v) is 4.03. The highest BCUT2D eigenvalue weighted by Crippen LogP contribution is 2.28. The van der Waals surface area contributed by atoms with Crippen LogP contribution < -0.4 is 5.32 Å². The molecule has 3 unspecified atom stereocenters. The van der Waals surface area contributed by atoms with Crippen molar-refractivity contribution in [2.24, 2.45) is 5.92 Å². The fourth-order valence-electron chi connectivity index (χ4n) is 4.03. The van der Waals surface area contributed by atoms with Gasteiger partial charge < -0.3 is 5.32 Å². The first-order chi connectivity index (χ1) is 9.33. The van der Waals surface area contributed by atoms with Crippen LogP contribution in [-0.4, -0.2) is 36.6 Å². The molecule has 2 aliphatic rings. The van der Waals surface area contributed by atoms with E-state index in [1.807, 2.05) is 0 Å². The molecule has 0 radical (unpaired) electrons. The van der Waals surface area contributed by atoms with Crippen LogP contribution in [0, 0.1) is 5.92 Å². The quantitative estimate of drug-likeness (QED) is 0.761. The third-order valence-electron chi connectivity index (χ3n) is 5.43. The Kier molecular flexibility index (Phi) is 6.66. The Morgan fingerprint density at radius 2 is 1.84 bits per heavy atom. The molecule has 2 fully saturated rings. The molecule has 0 spiro atoms. The molecule has 112 valence electrons. The SMILES string of the molecule is CCC1CCCC(N(CC)CC2CCCCN2)CC1. The highest BCUT2D eigenvalue weighted by Gasteiger charge is 2.24. The summed E-state index contributed by atoms with van der Waals surface area (Å²) in [6.45, 7) is 8.49. The molecule has 0 amide bonds. The third-order valence-corrected chi connectivity index (χ3v) is 5.43. The Bertz CT molecular complexity index is 235. The van der Waals surface area contributed by atoms with Gasteiger partial charge in [0.15, 0.2) is 0 Å². The Hall–Kier alpha value is -0.0800. The first-order valence-corrected chi connectivity index (χ1v) is 8.80. The van der Waals surface area contributed by atoms with Crippen LogP contribution in [0.2, 0.25) is 0 Å². The average molecular weight is 266 g/mol. The lowest BCUT2D eigenvalue weighted by molar-refractivity contribution is 0.158. The van der Waals surface area contributed by atoms with Crippen LogP contribution in [0.3, 0.4) is 0 Å². The van der Waals surface area contributed by atoms with Gasteiger partial charge in [-0.05, 0) is 51.1 Å². The highest BCUT2D eigenvalue weighted by molar-refractivity contribution is 4.82. The van der Waals surface area contributed by atoms with Crippen LogP contribution in [0.25, 0.3) is 0 Å². The molecule has 3 atom stereocenters. The number of piperidine rings is 1. The molecular formula is C17H34N2. The van der Waals surface area contributed by atoms with Gasteiger partial charge in [0.05, 0.1) is 0 Å². The van der Waals surface area contributed by atoms with Crippen molar-refractivity contribution in [3.63, 3.8) is 0 Å². The average Bonchev–Trinajstić information content (AvgIpc) is 2.71. The summed E-state index contributed by atoms with van der Waals surface area (Å²) in [5, 5.41) is 3.72. The van der Waals surface area contributed by atoms with Crippen LogP contribution in [0.4, 0.5) is 0 Å². The predicted molar refractivity (Wildman–Crippen MR) is 83.5 cm³/mol. The van der Waals surface area contributed by atoms with Gasteiger partial charge in [-0.15, -0.1) is 0 Å². The summed E-state index contributed by atoms with van der Waals surface area (Å²) < 4.78 is 0. The van der Waals surface area contributed by atoms with Crippen molar-refractivity contribution in [2.75, 3.05) is 19.6 Å². The molecule has 1 saturated heterocycles. The van der Waals surface area contributed by atoms with E-state index in [-0.39, 0.29) is 0 Å². The number of hydrogen-bond donors (Lipinski definition) is 1. The molecule has 1 aliphatic heterocycles. The van der Waals surface area contributed by atoms with E-state index in [1.165, 1.54) is 77.4 Å². The zero-order valence-corrected chi connectivity index (χ0v) is 13.2. The van der Waals surface area contributed by atoms with E-state index in [9.17, 15) is 0 Å². The van der Waals surface area contributed by atoms with E-state index < -0.39 is 0 Å². The van der Waals surface area contributed by atoms with E-state index in [2.05, 4.69) is 24.1 Å². The number of rotatable bonds is 5. The normalized spacial score (nSPS) is 33.3. The lowest BCUT2D eigenvalue weighted by Crippen LogP contribution is -2.47. The maximum Gasteiger partial charge on any atom is 0.0195 e. The van der Waals surface area contributed by atoms with Crippen LogP contribution in [0.15, 0.2) is 0 Å². The molecule has 0 bridgehead atoms. The molecule has 1 aliphatic carbocycles. The van der Waals surface area contributed by atoms with Gasteiger partial charge >= 0.3 is 0 Å². The van der Waals surface area contributed by atoms with Crippen molar-refractivity contribution < 1.29 is 0 Å².